The van der Waals surface area contributed by atoms with E-state index >= 15 is 0 Å². The van der Waals surface area contributed by atoms with Gasteiger partial charge in [-0.3, -0.25) is 9.69 Å². The molecule has 0 spiro atoms. The molecule has 0 rings (SSSR count). The lowest BCUT2D eigenvalue weighted by atomic mass is 9.90. The van der Waals surface area contributed by atoms with Gasteiger partial charge in [-0.2, -0.15) is 0 Å². The zero-order valence-electron chi connectivity index (χ0n) is 12.2. The summed E-state index contributed by atoms with van der Waals surface area (Å²) in [6.07, 6.45) is 0. The van der Waals surface area contributed by atoms with Gasteiger partial charge in [0, 0.05) is 18.0 Å². The van der Waals surface area contributed by atoms with Crippen LogP contribution < -0.4 is 0 Å². The summed E-state index contributed by atoms with van der Waals surface area (Å²) in [7, 11) is 0. The van der Waals surface area contributed by atoms with E-state index in [9.17, 15) is 4.79 Å². The second-order valence-electron chi connectivity index (χ2n) is 5.88. The quantitative estimate of drug-likeness (QED) is 0.693. The van der Waals surface area contributed by atoms with Gasteiger partial charge >= 0.3 is 0 Å². The van der Waals surface area contributed by atoms with Crippen LogP contribution >= 0.6 is 0 Å². The van der Waals surface area contributed by atoms with Gasteiger partial charge in [-0.1, -0.05) is 27.7 Å². The van der Waals surface area contributed by atoms with Crippen molar-refractivity contribution in [1.29, 1.82) is 0 Å². The second kappa shape index (κ2) is 6.39. The molecule has 0 saturated carbocycles. The molecular formula is C14H29NO. The van der Waals surface area contributed by atoms with Crippen molar-refractivity contribution in [3.8, 4) is 0 Å². The maximum Gasteiger partial charge on any atom is 0.152 e. The Bertz CT molecular complexity index is 211. The van der Waals surface area contributed by atoms with Crippen molar-refractivity contribution in [2.45, 2.75) is 73.5 Å². The lowest BCUT2D eigenvalue weighted by molar-refractivity contribution is -0.130. The molecule has 2 nitrogen and oxygen atoms in total. The zero-order valence-corrected chi connectivity index (χ0v) is 12.2. The average molecular weight is 227 g/mol. The summed E-state index contributed by atoms with van der Waals surface area (Å²) in [5, 5.41) is 0. The van der Waals surface area contributed by atoms with E-state index in [1.807, 2.05) is 13.8 Å². The lowest BCUT2D eigenvalue weighted by Crippen LogP contribution is -2.52. The Balaban J connectivity index is 5.08. The summed E-state index contributed by atoms with van der Waals surface area (Å²) in [4.78, 5) is 14.6. The summed E-state index contributed by atoms with van der Waals surface area (Å²) >= 11 is 0. The molecule has 0 saturated heterocycles. The van der Waals surface area contributed by atoms with Crippen molar-refractivity contribution in [2.75, 3.05) is 0 Å². The number of Topliss-reactive ketones (excluding diaryl/α,β-unsaturated/α-hetero) is 1. The Hall–Kier alpha value is -0.370. The second-order valence-corrected chi connectivity index (χ2v) is 5.88. The van der Waals surface area contributed by atoms with Gasteiger partial charge in [-0.05, 0) is 33.6 Å². The van der Waals surface area contributed by atoms with Gasteiger partial charge in [0.2, 0.25) is 0 Å². The largest absolute Gasteiger partial charge is 0.298 e. The summed E-state index contributed by atoms with van der Waals surface area (Å²) in [6, 6.07) is 0.880. The number of nitrogens with zero attached hydrogens (tertiary/aromatic N) is 1. The van der Waals surface area contributed by atoms with Crippen molar-refractivity contribution >= 4 is 5.78 Å². The first kappa shape index (κ1) is 15.6. The van der Waals surface area contributed by atoms with Crippen molar-refractivity contribution < 1.29 is 4.79 Å². The number of rotatable bonds is 6. The van der Waals surface area contributed by atoms with Crippen molar-refractivity contribution in [1.82, 2.24) is 4.90 Å². The van der Waals surface area contributed by atoms with Crippen LogP contribution in [-0.4, -0.2) is 28.8 Å². The highest BCUT2D eigenvalue weighted by atomic mass is 16.1. The normalized spacial score (nSPS) is 14.6. The van der Waals surface area contributed by atoms with Gasteiger partial charge in [0.1, 0.15) is 0 Å². The number of carbonyl (C=O) groups is 1. The standard InChI is InChI=1S/C14H29NO/c1-9(2)13(14(16)10(3)4)15(11(5)6)12(7)8/h9-13H,1-8H3. The SMILES string of the molecule is CC(C)C(=O)C(C(C)C)N(C(C)C)C(C)C. The molecule has 96 valence electrons. The number of hydrogen-bond donors (Lipinski definition) is 0. The Kier molecular flexibility index (Phi) is 6.24. The Morgan fingerprint density at radius 1 is 0.812 bits per heavy atom. The molecule has 0 heterocycles. The number of hydrogen-bond acceptors (Lipinski definition) is 2. The highest BCUT2D eigenvalue weighted by Crippen LogP contribution is 2.21. The number of ketones is 1. The highest BCUT2D eigenvalue weighted by Gasteiger charge is 2.33. The summed E-state index contributed by atoms with van der Waals surface area (Å²) in [5.41, 5.74) is 0. The minimum atomic E-state index is 0.0556. The van der Waals surface area contributed by atoms with E-state index in [2.05, 4.69) is 46.4 Å². The topological polar surface area (TPSA) is 20.3 Å². The Morgan fingerprint density at radius 3 is 1.38 bits per heavy atom. The van der Waals surface area contributed by atoms with Crippen LogP contribution in [0.4, 0.5) is 0 Å². The van der Waals surface area contributed by atoms with E-state index in [0.29, 0.717) is 23.8 Å². The van der Waals surface area contributed by atoms with Gasteiger partial charge in [0.15, 0.2) is 5.78 Å². The fraction of sp³-hybridized carbons (Fsp3) is 0.929. The molecule has 0 aliphatic heterocycles. The van der Waals surface area contributed by atoms with E-state index in [1.54, 1.807) is 0 Å². The van der Waals surface area contributed by atoms with Crippen LogP contribution in [0.5, 0.6) is 0 Å². The zero-order chi connectivity index (χ0) is 13.0. The third kappa shape index (κ3) is 3.89. The maximum atomic E-state index is 12.3. The van der Waals surface area contributed by atoms with Crippen molar-refractivity contribution in [2.24, 2.45) is 11.8 Å². The molecule has 0 radical (unpaired) electrons. The first-order valence-electron chi connectivity index (χ1n) is 6.51. The lowest BCUT2D eigenvalue weighted by Gasteiger charge is -2.40. The van der Waals surface area contributed by atoms with E-state index < -0.39 is 0 Å². The van der Waals surface area contributed by atoms with Gasteiger partial charge in [0.05, 0.1) is 6.04 Å². The van der Waals surface area contributed by atoms with Crippen LogP contribution in [0, 0.1) is 11.8 Å². The monoisotopic (exact) mass is 227 g/mol. The molecule has 0 aromatic carbocycles. The summed E-state index contributed by atoms with van der Waals surface area (Å²) in [5.74, 6) is 0.865. The minimum absolute atomic E-state index is 0.0556. The molecule has 2 heteroatoms. The van der Waals surface area contributed by atoms with Gasteiger partial charge in [-0.25, -0.2) is 0 Å². The van der Waals surface area contributed by atoms with Crippen LogP contribution in [0.2, 0.25) is 0 Å². The summed E-state index contributed by atoms with van der Waals surface area (Å²) in [6.45, 7) is 17.0. The highest BCUT2D eigenvalue weighted by molar-refractivity contribution is 5.86. The first-order valence-corrected chi connectivity index (χ1v) is 6.51. The Labute approximate surface area is 101 Å². The van der Waals surface area contributed by atoms with Crippen LogP contribution in [-0.2, 0) is 4.79 Å². The van der Waals surface area contributed by atoms with Crippen molar-refractivity contribution in [3.63, 3.8) is 0 Å². The summed E-state index contributed by atoms with van der Waals surface area (Å²) < 4.78 is 0. The molecule has 16 heavy (non-hydrogen) atoms. The average Bonchev–Trinajstić information content (AvgIpc) is 2.10. The third-order valence-corrected chi connectivity index (χ3v) is 3.01. The molecule has 0 bridgehead atoms. The molecule has 0 N–H and O–H groups in total. The maximum absolute atomic E-state index is 12.3. The smallest absolute Gasteiger partial charge is 0.152 e. The van der Waals surface area contributed by atoms with Gasteiger partial charge < -0.3 is 0 Å². The molecule has 1 atom stereocenters. The van der Waals surface area contributed by atoms with E-state index in [0.717, 1.165) is 0 Å². The molecule has 0 aromatic rings. The number of carbonyl (C=O) groups excluding carboxylic acids is 1. The fourth-order valence-electron chi connectivity index (χ4n) is 2.40. The van der Waals surface area contributed by atoms with Crippen LogP contribution in [0.1, 0.15) is 55.4 Å². The molecule has 0 aliphatic carbocycles. The van der Waals surface area contributed by atoms with E-state index in [4.69, 9.17) is 0 Å². The van der Waals surface area contributed by atoms with Gasteiger partial charge in [-0.15, -0.1) is 0 Å². The molecular weight excluding hydrogens is 198 g/mol. The van der Waals surface area contributed by atoms with E-state index in [1.165, 1.54) is 0 Å². The molecule has 0 aromatic heterocycles. The molecule has 0 fully saturated rings. The first-order chi connectivity index (χ1) is 7.20. The fourth-order valence-corrected chi connectivity index (χ4v) is 2.40. The minimum Gasteiger partial charge on any atom is -0.298 e. The van der Waals surface area contributed by atoms with Crippen molar-refractivity contribution in [3.05, 3.63) is 0 Å². The third-order valence-electron chi connectivity index (χ3n) is 3.01. The van der Waals surface area contributed by atoms with Crippen LogP contribution in [0.3, 0.4) is 0 Å². The van der Waals surface area contributed by atoms with Crippen LogP contribution in [0.15, 0.2) is 0 Å². The van der Waals surface area contributed by atoms with Crippen LogP contribution in [0.25, 0.3) is 0 Å². The predicted octanol–water partition coefficient (Wildman–Crippen LogP) is 3.35. The molecule has 1 unspecified atom stereocenters. The van der Waals surface area contributed by atoms with Gasteiger partial charge in [0.25, 0.3) is 0 Å². The predicted molar refractivity (Wildman–Crippen MR) is 70.6 cm³/mol. The van der Waals surface area contributed by atoms with E-state index in [-0.39, 0.29) is 12.0 Å². The Morgan fingerprint density at radius 2 is 1.19 bits per heavy atom. The molecule has 0 aliphatic rings. The molecule has 0 amide bonds.